The summed E-state index contributed by atoms with van der Waals surface area (Å²) < 4.78 is 13.0. The molecule has 0 aliphatic rings. The zero-order chi connectivity index (χ0) is 14.0. The summed E-state index contributed by atoms with van der Waals surface area (Å²) in [7, 11) is 0. The van der Waals surface area contributed by atoms with Crippen molar-refractivity contribution in [3.8, 4) is 0 Å². The molecule has 0 radical (unpaired) electrons. The first-order valence-corrected chi connectivity index (χ1v) is 8.15. The molecular weight excluding hydrogens is 223 g/mol. The Kier molecular flexibility index (Phi) is 10.8. The van der Waals surface area contributed by atoms with Crippen LogP contribution in [0.5, 0.6) is 0 Å². The highest BCUT2D eigenvalue weighted by Gasteiger charge is 2.19. The van der Waals surface area contributed by atoms with E-state index in [2.05, 4.69) is 27.7 Å². The maximum atomic E-state index is 13.0. The fraction of sp³-hybridized carbons (Fsp3) is 1.00. The zero-order valence-electron chi connectivity index (χ0n) is 13.3. The lowest BCUT2D eigenvalue weighted by atomic mass is 9.79. The summed E-state index contributed by atoms with van der Waals surface area (Å²) in [5, 5.41) is 0. The second-order valence-electron chi connectivity index (χ2n) is 6.40. The van der Waals surface area contributed by atoms with E-state index in [1.165, 1.54) is 38.5 Å². The van der Waals surface area contributed by atoms with E-state index < -0.39 is 6.17 Å². The van der Waals surface area contributed by atoms with E-state index in [-0.39, 0.29) is 0 Å². The quantitative estimate of drug-likeness (QED) is 0.402. The van der Waals surface area contributed by atoms with Gasteiger partial charge in [0.25, 0.3) is 0 Å². The smallest absolute Gasteiger partial charge is 0.0973 e. The van der Waals surface area contributed by atoms with Crippen molar-refractivity contribution in [2.45, 2.75) is 92.2 Å². The predicted octanol–water partition coefficient (Wildman–Crippen LogP) is 6.39. The normalized spacial score (nSPS) is 16.8. The summed E-state index contributed by atoms with van der Waals surface area (Å²) in [5.74, 6) is 2.39. The van der Waals surface area contributed by atoms with E-state index in [0.29, 0.717) is 0 Å². The van der Waals surface area contributed by atoms with Gasteiger partial charge < -0.3 is 0 Å². The monoisotopic (exact) mass is 258 g/mol. The molecule has 0 saturated carbocycles. The average molecular weight is 258 g/mol. The summed E-state index contributed by atoms with van der Waals surface area (Å²) in [5.41, 5.74) is 0. The van der Waals surface area contributed by atoms with Gasteiger partial charge in [0, 0.05) is 0 Å². The maximum absolute atomic E-state index is 13.0. The highest BCUT2D eigenvalue weighted by molar-refractivity contribution is 4.71. The van der Waals surface area contributed by atoms with Crippen LogP contribution in [-0.2, 0) is 0 Å². The number of alkyl halides is 1. The first-order chi connectivity index (χ1) is 8.51. The summed E-state index contributed by atoms with van der Waals surface area (Å²) in [6.07, 6.45) is 9.08. The molecule has 0 heterocycles. The fourth-order valence-electron chi connectivity index (χ4n) is 2.99. The van der Waals surface area contributed by atoms with Crippen LogP contribution in [0.15, 0.2) is 0 Å². The maximum Gasteiger partial charge on any atom is 0.0973 e. The van der Waals surface area contributed by atoms with Gasteiger partial charge in [0.2, 0.25) is 0 Å². The minimum absolute atomic E-state index is 0.628. The van der Waals surface area contributed by atoms with Crippen LogP contribution in [0, 0.1) is 17.8 Å². The third kappa shape index (κ3) is 8.94. The first kappa shape index (κ1) is 17.9. The third-order valence-corrected chi connectivity index (χ3v) is 4.14. The van der Waals surface area contributed by atoms with Gasteiger partial charge in [0.15, 0.2) is 0 Å². The Labute approximate surface area is 115 Å². The lowest BCUT2D eigenvalue weighted by Gasteiger charge is -2.26. The summed E-state index contributed by atoms with van der Waals surface area (Å²) in [6.45, 7) is 10.9. The van der Waals surface area contributed by atoms with Gasteiger partial charge in [-0.25, -0.2) is 4.39 Å². The van der Waals surface area contributed by atoms with E-state index >= 15 is 0 Å². The third-order valence-electron chi connectivity index (χ3n) is 4.14. The van der Waals surface area contributed by atoms with Crippen molar-refractivity contribution >= 4 is 0 Å². The van der Waals surface area contributed by atoms with Crippen LogP contribution < -0.4 is 0 Å². The summed E-state index contributed by atoms with van der Waals surface area (Å²) in [4.78, 5) is 0. The fourth-order valence-corrected chi connectivity index (χ4v) is 2.99. The Morgan fingerprint density at radius 1 is 0.778 bits per heavy atom. The molecule has 0 aliphatic heterocycles. The highest BCUT2D eigenvalue weighted by atomic mass is 19.1. The SMILES string of the molecule is CCCC(CCCC(C)C)C(CC)CCC(C)F. The molecule has 0 nitrogen and oxygen atoms in total. The minimum Gasteiger partial charge on any atom is -0.248 e. The zero-order valence-corrected chi connectivity index (χ0v) is 13.3. The van der Waals surface area contributed by atoms with Crippen LogP contribution >= 0.6 is 0 Å². The van der Waals surface area contributed by atoms with E-state index in [9.17, 15) is 4.39 Å². The number of hydrogen-bond donors (Lipinski definition) is 0. The Morgan fingerprint density at radius 2 is 1.44 bits per heavy atom. The molecule has 110 valence electrons. The molecule has 0 rings (SSSR count). The van der Waals surface area contributed by atoms with Crippen molar-refractivity contribution in [1.82, 2.24) is 0 Å². The molecule has 0 amide bonds. The summed E-state index contributed by atoms with van der Waals surface area (Å²) in [6, 6.07) is 0. The van der Waals surface area contributed by atoms with Gasteiger partial charge in [-0.1, -0.05) is 66.2 Å². The van der Waals surface area contributed by atoms with Gasteiger partial charge in [0.05, 0.1) is 6.17 Å². The molecule has 3 unspecified atom stereocenters. The Balaban J connectivity index is 4.15. The molecule has 1 heteroatoms. The van der Waals surface area contributed by atoms with E-state index in [0.717, 1.165) is 30.6 Å². The van der Waals surface area contributed by atoms with Gasteiger partial charge in [-0.15, -0.1) is 0 Å². The standard InChI is InChI=1S/C17H35F/c1-6-9-17(11-8-10-14(3)4)16(7-2)13-12-15(5)18/h14-17H,6-13H2,1-5H3. The van der Waals surface area contributed by atoms with Crippen LogP contribution in [-0.4, -0.2) is 6.17 Å². The van der Waals surface area contributed by atoms with Crippen LogP contribution in [0.1, 0.15) is 86.0 Å². The predicted molar refractivity (Wildman–Crippen MR) is 80.7 cm³/mol. The Hall–Kier alpha value is -0.0700. The second-order valence-corrected chi connectivity index (χ2v) is 6.40. The molecular formula is C17H35F. The van der Waals surface area contributed by atoms with Crippen LogP contribution in [0.2, 0.25) is 0 Å². The van der Waals surface area contributed by atoms with Crippen molar-refractivity contribution in [1.29, 1.82) is 0 Å². The number of hydrogen-bond acceptors (Lipinski definition) is 0. The molecule has 0 aromatic rings. The molecule has 3 atom stereocenters. The minimum atomic E-state index is -0.628. The Morgan fingerprint density at radius 3 is 1.89 bits per heavy atom. The van der Waals surface area contributed by atoms with Gasteiger partial charge in [0.1, 0.15) is 0 Å². The van der Waals surface area contributed by atoms with Crippen molar-refractivity contribution in [3.05, 3.63) is 0 Å². The molecule has 0 aromatic heterocycles. The molecule has 0 aromatic carbocycles. The highest BCUT2D eigenvalue weighted by Crippen LogP contribution is 2.31. The number of halogens is 1. The van der Waals surface area contributed by atoms with Crippen molar-refractivity contribution < 1.29 is 4.39 Å². The molecule has 0 fully saturated rings. The number of rotatable bonds is 11. The molecule has 0 bridgehead atoms. The molecule has 0 N–H and O–H groups in total. The van der Waals surface area contributed by atoms with Crippen LogP contribution in [0.4, 0.5) is 4.39 Å². The molecule has 0 spiro atoms. The molecule has 0 saturated heterocycles. The van der Waals surface area contributed by atoms with Gasteiger partial charge >= 0.3 is 0 Å². The topological polar surface area (TPSA) is 0 Å². The first-order valence-electron chi connectivity index (χ1n) is 8.15. The van der Waals surface area contributed by atoms with E-state index in [4.69, 9.17) is 0 Å². The molecule has 18 heavy (non-hydrogen) atoms. The van der Waals surface area contributed by atoms with Crippen LogP contribution in [0.25, 0.3) is 0 Å². The van der Waals surface area contributed by atoms with Crippen LogP contribution in [0.3, 0.4) is 0 Å². The average Bonchev–Trinajstić information content (AvgIpc) is 2.28. The second kappa shape index (κ2) is 10.8. The van der Waals surface area contributed by atoms with Gasteiger partial charge in [-0.2, -0.15) is 0 Å². The van der Waals surface area contributed by atoms with Crippen molar-refractivity contribution in [2.75, 3.05) is 0 Å². The van der Waals surface area contributed by atoms with Gasteiger partial charge in [-0.05, 0) is 37.5 Å². The van der Waals surface area contributed by atoms with Crippen molar-refractivity contribution in [3.63, 3.8) is 0 Å². The van der Waals surface area contributed by atoms with Gasteiger partial charge in [-0.3, -0.25) is 0 Å². The van der Waals surface area contributed by atoms with E-state index in [1.807, 2.05) is 0 Å². The summed E-state index contributed by atoms with van der Waals surface area (Å²) >= 11 is 0. The Bertz CT molecular complexity index is 174. The largest absolute Gasteiger partial charge is 0.248 e. The lowest BCUT2D eigenvalue weighted by molar-refractivity contribution is 0.227. The lowest BCUT2D eigenvalue weighted by Crippen LogP contribution is -2.16. The van der Waals surface area contributed by atoms with Crippen molar-refractivity contribution in [2.24, 2.45) is 17.8 Å². The molecule has 0 aliphatic carbocycles. The van der Waals surface area contributed by atoms with E-state index in [1.54, 1.807) is 6.92 Å².